The molecule has 6 nitrogen and oxygen atoms in total. The van der Waals surface area contributed by atoms with Crippen molar-refractivity contribution in [3.63, 3.8) is 0 Å². The van der Waals surface area contributed by atoms with E-state index in [0.717, 1.165) is 36.5 Å². The third kappa shape index (κ3) is 6.37. The standard InChI is InChI=1S/C22H30N4O2S/c1-14-5-15(2)8-18(7-14)21(28)23-9-20(27)25-22-24-19(13-29-22)12-26-10-16(3)6-17(4)11-26/h5,7-8,13,16-17H,6,9-12H2,1-4H3,(H,23,28)(H,24,25,27). The minimum absolute atomic E-state index is 0.0815. The summed E-state index contributed by atoms with van der Waals surface area (Å²) in [6.45, 7) is 11.4. The van der Waals surface area contributed by atoms with Crippen molar-refractivity contribution in [1.29, 1.82) is 0 Å². The maximum absolute atomic E-state index is 12.3. The minimum Gasteiger partial charge on any atom is -0.343 e. The fourth-order valence-corrected chi connectivity index (χ4v) is 4.84. The average Bonchev–Trinajstić information content (AvgIpc) is 3.04. The highest BCUT2D eigenvalue weighted by Crippen LogP contribution is 2.23. The third-order valence-electron chi connectivity index (χ3n) is 5.02. The van der Waals surface area contributed by atoms with Crippen molar-refractivity contribution in [2.24, 2.45) is 11.8 Å². The van der Waals surface area contributed by atoms with Gasteiger partial charge >= 0.3 is 0 Å². The molecule has 2 heterocycles. The van der Waals surface area contributed by atoms with Gasteiger partial charge in [-0.3, -0.25) is 14.5 Å². The molecular weight excluding hydrogens is 384 g/mol. The number of nitrogens with zero attached hydrogens (tertiary/aromatic N) is 2. The van der Waals surface area contributed by atoms with Gasteiger partial charge in [0.1, 0.15) is 0 Å². The second-order valence-electron chi connectivity index (χ2n) is 8.39. The Balaban J connectivity index is 1.48. The molecule has 0 radical (unpaired) electrons. The number of amides is 2. The van der Waals surface area contributed by atoms with Gasteiger partial charge in [-0.2, -0.15) is 0 Å². The van der Waals surface area contributed by atoms with Crippen molar-refractivity contribution in [1.82, 2.24) is 15.2 Å². The lowest BCUT2D eigenvalue weighted by molar-refractivity contribution is -0.115. The second kappa shape index (κ2) is 9.50. The molecule has 2 amide bonds. The first kappa shape index (κ1) is 21.5. The largest absolute Gasteiger partial charge is 0.343 e. The van der Waals surface area contributed by atoms with E-state index in [2.05, 4.69) is 34.4 Å². The highest BCUT2D eigenvalue weighted by Gasteiger charge is 2.22. The Bertz CT molecular complexity index is 849. The molecule has 0 saturated carbocycles. The fourth-order valence-electron chi connectivity index (χ4n) is 4.12. The Hall–Kier alpha value is -2.25. The summed E-state index contributed by atoms with van der Waals surface area (Å²) in [6, 6.07) is 5.64. The lowest BCUT2D eigenvalue weighted by Crippen LogP contribution is -2.38. The lowest BCUT2D eigenvalue weighted by Gasteiger charge is -2.34. The molecule has 0 spiro atoms. The van der Waals surface area contributed by atoms with Gasteiger partial charge in [-0.1, -0.05) is 31.0 Å². The number of thiazole rings is 1. The Morgan fingerprint density at radius 1 is 1.14 bits per heavy atom. The van der Waals surface area contributed by atoms with E-state index in [9.17, 15) is 9.59 Å². The molecule has 3 rings (SSSR count). The number of benzene rings is 1. The van der Waals surface area contributed by atoms with Gasteiger partial charge in [0.05, 0.1) is 12.2 Å². The molecule has 2 atom stereocenters. The summed E-state index contributed by atoms with van der Waals surface area (Å²) in [6.07, 6.45) is 1.28. The Morgan fingerprint density at radius 3 is 2.45 bits per heavy atom. The van der Waals surface area contributed by atoms with Crippen LogP contribution in [-0.4, -0.2) is 41.3 Å². The van der Waals surface area contributed by atoms with E-state index in [1.165, 1.54) is 17.8 Å². The van der Waals surface area contributed by atoms with Crippen molar-refractivity contribution >= 4 is 28.3 Å². The number of piperidine rings is 1. The fraction of sp³-hybridized carbons (Fsp3) is 0.500. The van der Waals surface area contributed by atoms with E-state index >= 15 is 0 Å². The zero-order chi connectivity index (χ0) is 21.0. The van der Waals surface area contributed by atoms with Gasteiger partial charge in [0, 0.05) is 30.6 Å². The number of anilines is 1. The first-order valence-electron chi connectivity index (χ1n) is 10.1. The van der Waals surface area contributed by atoms with E-state index in [0.29, 0.717) is 22.5 Å². The van der Waals surface area contributed by atoms with E-state index in [-0.39, 0.29) is 18.4 Å². The topological polar surface area (TPSA) is 74.3 Å². The van der Waals surface area contributed by atoms with Crippen molar-refractivity contribution in [3.8, 4) is 0 Å². The molecule has 29 heavy (non-hydrogen) atoms. The van der Waals surface area contributed by atoms with Gasteiger partial charge in [0.2, 0.25) is 5.91 Å². The van der Waals surface area contributed by atoms with Crippen LogP contribution in [0.3, 0.4) is 0 Å². The van der Waals surface area contributed by atoms with Crippen LogP contribution in [0.4, 0.5) is 5.13 Å². The molecule has 1 aliphatic rings. The third-order valence-corrected chi connectivity index (χ3v) is 5.83. The Kier molecular flexibility index (Phi) is 7.03. The van der Waals surface area contributed by atoms with Crippen LogP contribution in [0.25, 0.3) is 0 Å². The summed E-state index contributed by atoms with van der Waals surface area (Å²) in [5.41, 5.74) is 3.59. The molecule has 1 fully saturated rings. The zero-order valence-electron chi connectivity index (χ0n) is 17.6. The van der Waals surface area contributed by atoms with Crippen LogP contribution in [-0.2, 0) is 11.3 Å². The predicted molar refractivity (Wildman–Crippen MR) is 117 cm³/mol. The summed E-state index contributed by atoms with van der Waals surface area (Å²) < 4.78 is 0. The van der Waals surface area contributed by atoms with Crippen LogP contribution >= 0.6 is 11.3 Å². The van der Waals surface area contributed by atoms with Crippen LogP contribution in [0.2, 0.25) is 0 Å². The monoisotopic (exact) mass is 414 g/mol. The molecule has 2 unspecified atom stereocenters. The summed E-state index contributed by atoms with van der Waals surface area (Å²) in [7, 11) is 0. The maximum atomic E-state index is 12.3. The first-order valence-corrected chi connectivity index (χ1v) is 11.0. The number of nitrogens with one attached hydrogen (secondary N) is 2. The number of hydrogen-bond acceptors (Lipinski definition) is 5. The number of rotatable bonds is 6. The smallest absolute Gasteiger partial charge is 0.251 e. The number of aryl methyl sites for hydroxylation is 2. The van der Waals surface area contributed by atoms with Crippen molar-refractivity contribution in [2.75, 3.05) is 25.0 Å². The van der Waals surface area contributed by atoms with E-state index in [1.54, 1.807) is 0 Å². The highest BCUT2D eigenvalue weighted by molar-refractivity contribution is 7.13. The predicted octanol–water partition coefficient (Wildman–Crippen LogP) is 3.61. The second-order valence-corrected chi connectivity index (χ2v) is 9.25. The normalized spacial score (nSPS) is 19.7. The van der Waals surface area contributed by atoms with Crippen LogP contribution in [0.15, 0.2) is 23.6 Å². The molecule has 1 aromatic heterocycles. The van der Waals surface area contributed by atoms with E-state index in [4.69, 9.17) is 0 Å². The molecular formula is C22H30N4O2S. The Labute approximate surface area is 176 Å². The number of carbonyl (C=O) groups excluding carboxylic acids is 2. The molecule has 7 heteroatoms. The number of hydrogen-bond donors (Lipinski definition) is 2. The average molecular weight is 415 g/mol. The molecule has 156 valence electrons. The molecule has 2 aromatic rings. The van der Waals surface area contributed by atoms with Crippen LogP contribution in [0.1, 0.15) is 47.4 Å². The molecule has 1 aromatic carbocycles. The molecule has 0 bridgehead atoms. The highest BCUT2D eigenvalue weighted by atomic mass is 32.1. The lowest BCUT2D eigenvalue weighted by atomic mass is 9.92. The molecule has 0 aliphatic carbocycles. The van der Waals surface area contributed by atoms with Gasteiger partial charge in [0.25, 0.3) is 5.91 Å². The molecule has 1 aliphatic heterocycles. The van der Waals surface area contributed by atoms with Crippen molar-refractivity contribution in [3.05, 3.63) is 46.0 Å². The van der Waals surface area contributed by atoms with Crippen molar-refractivity contribution in [2.45, 2.75) is 40.7 Å². The van der Waals surface area contributed by atoms with Crippen LogP contribution < -0.4 is 10.6 Å². The first-order chi connectivity index (χ1) is 13.8. The van der Waals surface area contributed by atoms with Gasteiger partial charge in [-0.15, -0.1) is 11.3 Å². The summed E-state index contributed by atoms with van der Waals surface area (Å²) in [4.78, 5) is 31.4. The number of likely N-dealkylation sites (tertiary alicyclic amines) is 1. The summed E-state index contributed by atoms with van der Waals surface area (Å²) >= 11 is 1.42. The van der Waals surface area contributed by atoms with Gasteiger partial charge in [-0.05, 0) is 44.2 Å². The van der Waals surface area contributed by atoms with Crippen LogP contribution in [0.5, 0.6) is 0 Å². The van der Waals surface area contributed by atoms with E-state index in [1.807, 2.05) is 37.4 Å². The van der Waals surface area contributed by atoms with Crippen LogP contribution in [0, 0.1) is 25.7 Å². The van der Waals surface area contributed by atoms with E-state index < -0.39 is 0 Å². The van der Waals surface area contributed by atoms with Gasteiger partial charge in [-0.25, -0.2) is 4.98 Å². The number of aromatic nitrogens is 1. The SMILES string of the molecule is Cc1cc(C)cc(C(=O)NCC(=O)Nc2nc(CN3CC(C)CC(C)C3)cs2)c1. The zero-order valence-corrected chi connectivity index (χ0v) is 18.4. The summed E-state index contributed by atoms with van der Waals surface area (Å²) in [5.74, 6) is 0.888. The minimum atomic E-state index is -0.274. The van der Waals surface area contributed by atoms with Gasteiger partial charge in [0.15, 0.2) is 5.13 Å². The van der Waals surface area contributed by atoms with Crippen molar-refractivity contribution < 1.29 is 9.59 Å². The quantitative estimate of drug-likeness (QED) is 0.757. The maximum Gasteiger partial charge on any atom is 0.251 e. The number of carbonyl (C=O) groups is 2. The summed E-state index contributed by atoms with van der Waals surface area (Å²) in [5, 5.41) is 8.02. The Morgan fingerprint density at radius 2 is 1.79 bits per heavy atom. The molecule has 1 saturated heterocycles. The van der Waals surface area contributed by atoms with Gasteiger partial charge < -0.3 is 10.6 Å². The molecule has 2 N–H and O–H groups in total.